The topological polar surface area (TPSA) is 58.6 Å². The molecule has 1 aliphatic rings. The van der Waals surface area contributed by atoms with Crippen LogP contribution in [0.2, 0.25) is 0 Å². The monoisotopic (exact) mass is 785 g/mol. The van der Waals surface area contributed by atoms with E-state index in [4.69, 9.17) is 27.6 Å². The summed E-state index contributed by atoms with van der Waals surface area (Å²) in [5.74, 6) is 3.97. The van der Waals surface area contributed by atoms with Gasteiger partial charge in [0.05, 0.1) is 19.9 Å². The van der Waals surface area contributed by atoms with E-state index in [-0.39, 0.29) is 10.8 Å². The van der Waals surface area contributed by atoms with Gasteiger partial charge in [-0.1, -0.05) is 114 Å². The van der Waals surface area contributed by atoms with Crippen molar-refractivity contribution in [2.45, 2.75) is 52.4 Å². The lowest BCUT2D eigenvalue weighted by atomic mass is 9.81. The molecule has 0 N–H and O–H groups in total. The van der Waals surface area contributed by atoms with Gasteiger partial charge in [-0.15, -0.1) is 0 Å². The summed E-state index contributed by atoms with van der Waals surface area (Å²) in [4.78, 5) is 0. The van der Waals surface area contributed by atoms with Crippen LogP contribution in [-0.2, 0) is 10.8 Å². The lowest BCUT2D eigenvalue weighted by molar-refractivity contribution is 0.380. The second kappa shape index (κ2) is 16.1. The van der Waals surface area contributed by atoms with Gasteiger partial charge in [0.15, 0.2) is 0 Å². The Morgan fingerprint density at radius 3 is 1.48 bits per heavy atom. The summed E-state index contributed by atoms with van der Waals surface area (Å²) in [6, 6.07) is 44.4. The number of nitrogens with zero attached hydrogens (tertiary/aromatic N) is 1. The number of rotatable bonds is 11. The Bertz CT molecular complexity index is 2260. The fraction of sp³-hybridized carbons (Fsp3) is 0.234. The van der Waals surface area contributed by atoms with Crippen molar-refractivity contribution in [1.29, 1.82) is 0 Å². The van der Waals surface area contributed by atoms with E-state index in [1.807, 2.05) is 78.9 Å². The molecule has 0 radical (unpaired) electrons. The molecule has 6 aromatic carbocycles. The molecule has 0 aromatic heterocycles. The van der Waals surface area contributed by atoms with Crippen LogP contribution >= 0.6 is 16.9 Å². The predicted octanol–water partition coefficient (Wildman–Crippen LogP) is 12.9. The number of benzene rings is 6. The van der Waals surface area contributed by atoms with Gasteiger partial charge in [-0.2, -0.15) is 0 Å². The van der Waals surface area contributed by atoms with Gasteiger partial charge in [0.1, 0.15) is 34.5 Å². The first-order valence-electron chi connectivity index (χ1n) is 18.7. The molecule has 1 atom stereocenters. The third-order valence-electron chi connectivity index (χ3n) is 9.62. The van der Waals surface area contributed by atoms with Crippen LogP contribution in [-0.4, -0.2) is 21.3 Å². The van der Waals surface area contributed by atoms with Crippen molar-refractivity contribution < 1.29 is 27.6 Å². The molecule has 7 nitrogen and oxygen atoms in total. The fourth-order valence-electron chi connectivity index (χ4n) is 6.72. The quantitative estimate of drug-likeness (QED) is 0.121. The van der Waals surface area contributed by atoms with Crippen molar-refractivity contribution >= 4 is 27.9 Å². The zero-order valence-electron chi connectivity index (χ0n) is 33.5. The standard InChI is InChI=1S/C47H49NO6P2/c1-46(2,3)40-30-34(49-8)28-38(44(40)53-55-43-27-19-17-25-37(43)36-24-16-18-26-42(36)48(55)7)39-29-35(50-9)31-41(47(4,5)6)45(39)54-56(51-32-20-12-10-13-21-32)52-33-22-14-11-15-23-33/h10-31H,1-9H3. The maximum atomic E-state index is 7.53. The average molecular weight is 786 g/mol. The number of anilines is 1. The number of hydrogen-bond acceptors (Lipinski definition) is 7. The number of methoxy groups -OCH3 is 2. The molecule has 0 amide bonds. The minimum absolute atomic E-state index is 0.341. The molecule has 56 heavy (non-hydrogen) atoms. The Kier molecular flexibility index (Phi) is 11.2. The summed E-state index contributed by atoms with van der Waals surface area (Å²) in [5, 5.41) is 1.14. The summed E-state index contributed by atoms with van der Waals surface area (Å²) >= 11 is 0. The highest BCUT2D eigenvalue weighted by molar-refractivity contribution is 7.63. The Hall–Kier alpha value is -5.22. The minimum atomic E-state index is -2.03. The van der Waals surface area contributed by atoms with Crippen LogP contribution in [0.1, 0.15) is 52.7 Å². The van der Waals surface area contributed by atoms with Crippen molar-refractivity contribution in [3.05, 3.63) is 145 Å². The molecule has 0 saturated heterocycles. The average Bonchev–Trinajstić information content (AvgIpc) is 3.19. The fourth-order valence-corrected chi connectivity index (χ4v) is 9.67. The third-order valence-corrected chi connectivity index (χ3v) is 12.6. The zero-order chi connectivity index (χ0) is 39.6. The summed E-state index contributed by atoms with van der Waals surface area (Å²) in [5.41, 5.74) is 6.21. The molecule has 0 saturated carbocycles. The van der Waals surface area contributed by atoms with Crippen molar-refractivity contribution in [3.8, 4) is 56.8 Å². The van der Waals surface area contributed by atoms with Gasteiger partial charge in [-0.25, -0.2) is 0 Å². The first-order valence-corrected chi connectivity index (χ1v) is 21.0. The SMILES string of the molecule is COc1cc(-c2cc(OC)cc(C(C)(C)C)c2OP2c3ccccc3-c3ccccc3N2C)c(OP(Oc2ccccc2)Oc2ccccc2)c(C(C)(C)C)c1. The molecule has 9 heteroatoms. The van der Waals surface area contributed by atoms with E-state index in [0.29, 0.717) is 28.7 Å². The van der Waals surface area contributed by atoms with E-state index in [1.54, 1.807) is 14.2 Å². The van der Waals surface area contributed by atoms with E-state index >= 15 is 0 Å². The lowest BCUT2D eigenvalue weighted by Crippen LogP contribution is -2.28. The summed E-state index contributed by atoms with van der Waals surface area (Å²) in [6.45, 7) is 13.1. The molecule has 1 unspecified atom stereocenters. The number of fused-ring (bicyclic) bond motifs is 3. The van der Waals surface area contributed by atoms with Gasteiger partial charge in [0.2, 0.25) is 8.30 Å². The summed E-state index contributed by atoms with van der Waals surface area (Å²) in [6.07, 6.45) is 0. The number of ether oxygens (including phenoxy) is 2. The smallest absolute Gasteiger partial charge is 0.497 e. The third kappa shape index (κ3) is 8.17. The molecule has 0 fully saturated rings. The van der Waals surface area contributed by atoms with Crippen molar-refractivity contribution in [2.75, 3.05) is 25.9 Å². The first kappa shape index (κ1) is 39.0. The molecular formula is C47H49NO6P2. The maximum absolute atomic E-state index is 7.53. The molecule has 0 aliphatic carbocycles. The van der Waals surface area contributed by atoms with Gasteiger partial charge in [-0.05, 0) is 77.1 Å². The van der Waals surface area contributed by atoms with E-state index in [0.717, 1.165) is 39.0 Å². The van der Waals surface area contributed by atoms with Crippen LogP contribution in [0.15, 0.2) is 133 Å². The van der Waals surface area contributed by atoms with Gasteiger partial charge in [0.25, 0.3) is 0 Å². The van der Waals surface area contributed by atoms with Crippen molar-refractivity contribution in [2.24, 2.45) is 0 Å². The van der Waals surface area contributed by atoms with Gasteiger partial charge in [-0.3, -0.25) is 0 Å². The van der Waals surface area contributed by atoms with Crippen LogP contribution < -0.4 is 37.5 Å². The predicted molar refractivity (Wildman–Crippen MR) is 232 cm³/mol. The van der Waals surface area contributed by atoms with E-state index in [1.165, 1.54) is 11.1 Å². The molecule has 7 rings (SSSR count). The molecule has 1 aliphatic heterocycles. The number of para-hydroxylation sites is 3. The van der Waals surface area contributed by atoms with E-state index < -0.39 is 16.9 Å². The van der Waals surface area contributed by atoms with Gasteiger partial charge in [0, 0.05) is 40.2 Å². The van der Waals surface area contributed by atoms with Crippen LogP contribution in [0.25, 0.3) is 22.3 Å². The van der Waals surface area contributed by atoms with Gasteiger partial charge >= 0.3 is 8.60 Å². The Morgan fingerprint density at radius 1 is 0.482 bits per heavy atom. The minimum Gasteiger partial charge on any atom is -0.497 e. The molecule has 288 valence electrons. The summed E-state index contributed by atoms with van der Waals surface area (Å²) in [7, 11) is 2.12. The molecular weight excluding hydrogens is 736 g/mol. The zero-order valence-corrected chi connectivity index (χ0v) is 35.3. The van der Waals surface area contributed by atoms with Crippen molar-refractivity contribution in [1.82, 2.24) is 0 Å². The largest absolute Gasteiger partial charge is 0.530 e. The van der Waals surface area contributed by atoms with Crippen LogP contribution in [0.4, 0.5) is 5.69 Å². The number of hydrogen-bond donors (Lipinski definition) is 0. The molecule has 0 bridgehead atoms. The van der Waals surface area contributed by atoms with Crippen LogP contribution in [0.5, 0.6) is 34.5 Å². The maximum Gasteiger partial charge on any atom is 0.530 e. The summed E-state index contributed by atoms with van der Waals surface area (Å²) < 4.78 is 42.0. The second-order valence-electron chi connectivity index (χ2n) is 15.6. The van der Waals surface area contributed by atoms with E-state index in [2.05, 4.69) is 108 Å². The molecule has 6 aromatic rings. The normalized spacial score (nSPS) is 13.8. The van der Waals surface area contributed by atoms with Gasteiger partial charge < -0.3 is 32.2 Å². The second-order valence-corrected chi connectivity index (χ2v) is 18.5. The Labute approximate surface area is 334 Å². The highest BCUT2D eigenvalue weighted by Crippen LogP contribution is 2.58. The molecule has 0 spiro atoms. The Morgan fingerprint density at radius 2 is 0.946 bits per heavy atom. The van der Waals surface area contributed by atoms with Crippen molar-refractivity contribution in [3.63, 3.8) is 0 Å². The van der Waals surface area contributed by atoms with E-state index in [9.17, 15) is 0 Å². The van der Waals surface area contributed by atoms with Crippen LogP contribution in [0.3, 0.4) is 0 Å². The highest BCUT2D eigenvalue weighted by Gasteiger charge is 2.36. The molecule has 1 heterocycles. The van der Waals surface area contributed by atoms with Crippen LogP contribution in [0, 0.1) is 0 Å². The first-order chi connectivity index (χ1) is 26.9. The Balaban J connectivity index is 1.47. The highest BCUT2D eigenvalue weighted by atomic mass is 31.2. The lowest BCUT2D eigenvalue weighted by Gasteiger charge is -2.38.